The topological polar surface area (TPSA) is 70.2 Å². The van der Waals surface area contributed by atoms with Gasteiger partial charge in [-0.1, -0.05) is 0 Å². The number of fused-ring (bicyclic) bond motifs is 3. The molecule has 0 bridgehead atoms. The molecule has 1 aromatic rings. The summed E-state index contributed by atoms with van der Waals surface area (Å²) in [5.74, 6) is -0.609. The van der Waals surface area contributed by atoms with Crippen molar-refractivity contribution in [3.63, 3.8) is 0 Å². The smallest absolute Gasteiger partial charge is 0.174 e. The minimum atomic E-state index is -0.502. The lowest BCUT2D eigenvalue weighted by molar-refractivity contribution is -0.119. The maximum Gasteiger partial charge on any atom is 0.174 e. The summed E-state index contributed by atoms with van der Waals surface area (Å²) in [6, 6.07) is 1.86. The Morgan fingerprint density at radius 3 is 2.76 bits per heavy atom. The second-order valence-corrected chi connectivity index (χ2v) is 4.58. The Labute approximate surface area is 98.5 Å². The van der Waals surface area contributed by atoms with Crippen LogP contribution in [0.3, 0.4) is 0 Å². The maximum absolute atomic E-state index is 12.1. The van der Waals surface area contributed by atoms with Gasteiger partial charge in [-0.2, -0.15) is 0 Å². The average Bonchev–Trinajstić information content (AvgIpc) is 2.85. The minimum Gasteiger partial charge on any atom is -0.302 e. The summed E-state index contributed by atoms with van der Waals surface area (Å²) < 4.78 is 0. The molecule has 5 nitrogen and oxygen atoms in total. The molecule has 1 atom stereocenters. The third kappa shape index (κ3) is 1.29. The van der Waals surface area contributed by atoms with Gasteiger partial charge < -0.3 is 10.9 Å². The molecule has 0 spiro atoms. The van der Waals surface area contributed by atoms with Gasteiger partial charge in [-0.25, -0.2) is 0 Å². The Balaban J connectivity index is 2.18. The Kier molecular flexibility index (Phi) is 2.00. The number of Topliss-reactive ketones (excluding diaryl/α,β-unsaturated/α-hetero) is 2. The number of rotatable bonds is 1. The van der Waals surface area contributed by atoms with E-state index in [4.69, 9.17) is 0 Å². The molecule has 1 aliphatic heterocycles. The van der Waals surface area contributed by atoms with Crippen molar-refractivity contribution >= 4 is 22.9 Å². The lowest BCUT2D eigenvalue weighted by Gasteiger charge is -2.07. The second kappa shape index (κ2) is 3.30. The van der Waals surface area contributed by atoms with Crippen molar-refractivity contribution in [3.8, 4) is 0 Å². The fourth-order valence-corrected chi connectivity index (χ4v) is 2.56. The Bertz CT molecular complexity index is 551. The van der Waals surface area contributed by atoms with Crippen molar-refractivity contribution in [1.29, 1.82) is 0 Å². The predicted molar refractivity (Wildman–Crippen MR) is 63.8 cm³/mol. The molecule has 0 saturated carbocycles. The molecule has 0 amide bonds. The number of nitrogens with one attached hydrogen (secondary N) is 3. The molecule has 0 radical (unpaired) electrons. The highest BCUT2D eigenvalue weighted by atomic mass is 16.1. The van der Waals surface area contributed by atoms with E-state index in [0.717, 1.165) is 22.5 Å². The van der Waals surface area contributed by atoms with Gasteiger partial charge in [0.15, 0.2) is 5.78 Å². The van der Waals surface area contributed by atoms with Gasteiger partial charge in [-0.05, 0) is 37.5 Å². The van der Waals surface area contributed by atoms with E-state index in [0.29, 0.717) is 12.0 Å². The first-order valence-corrected chi connectivity index (χ1v) is 5.57. The van der Waals surface area contributed by atoms with Crippen molar-refractivity contribution in [2.45, 2.75) is 20.3 Å². The molecule has 1 unspecified atom stereocenters. The van der Waals surface area contributed by atoms with E-state index in [-0.39, 0.29) is 11.6 Å². The van der Waals surface area contributed by atoms with Crippen LogP contribution < -0.4 is 16.4 Å². The van der Waals surface area contributed by atoms with Gasteiger partial charge in [0.25, 0.3) is 0 Å². The number of anilines is 2. The molecule has 2 aliphatic rings. The van der Waals surface area contributed by atoms with E-state index >= 15 is 0 Å². The first kappa shape index (κ1) is 10.3. The number of benzene rings is 1. The molecular formula is C12H13N3O2. The molecule has 1 aliphatic carbocycles. The zero-order valence-electron chi connectivity index (χ0n) is 9.68. The van der Waals surface area contributed by atoms with E-state index < -0.39 is 5.92 Å². The summed E-state index contributed by atoms with van der Waals surface area (Å²) in [4.78, 5) is 23.5. The van der Waals surface area contributed by atoms with Crippen LogP contribution in [0.15, 0.2) is 6.07 Å². The first-order valence-electron chi connectivity index (χ1n) is 5.57. The lowest BCUT2D eigenvalue weighted by atomic mass is 10.0. The summed E-state index contributed by atoms with van der Waals surface area (Å²) in [5, 5.41) is 0. The van der Waals surface area contributed by atoms with E-state index in [1.807, 2.05) is 13.0 Å². The average molecular weight is 231 g/mol. The van der Waals surface area contributed by atoms with Gasteiger partial charge in [0, 0.05) is 5.56 Å². The quantitative estimate of drug-likeness (QED) is 0.633. The van der Waals surface area contributed by atoms with Gasteiger partial charge in [0.1, 0.15) is 5.78 Å². The number of aryl methyl sites for hydroxylation is 1. The van der Waals surface area contributed by atoms with Crippen LogP contribution in [0.4, 0.5) is 11.4 Å². The molecule has 1 aromatic carbocycles. The van der Waals surface area contributed by atoms with Crippen molar-refractivity contribution in [3.05, 3.63) is 22.8 Å². The highest BCUT2D eigenvalue weighted by Gasteiger charge is 2.37. The Morgan fingerprint density at radius 2 is 2.06 bits per heavy atom. The van der Waals surface area contributed by atoms with Gasteiger partial charge in [0.2, 0.25) is 0 Å². The largest absolute Gasteiger partial charge is 0.302 e. The molecular weight excluding hydrogens is 218 g/mol. The third-order valence-corrected chi connectivity index (χ3v) is 3.49. The van der Waals surface area contributed by atoms with Crippen LogP contribution in [0.1, 0.15) is 28.4 Å². The van der Waals surface area contributed by atoms with Crippen LogP contribution in [-0.2, 0) is 11.2 Å². The van der Waals surface area contributed by atoms with E-state index in [9.17, 15) is 9.59 Å². The molecule has 17 heavy (non-hydrogen) atoms. The monoisotopic (exact) mass is 231 g/mol. The Morgan fingerprint density at radius 1 is 1.35 bits per heavy atom. The van der Waals surface area contributed by atoms with Gasteiger partial charge in [-0.3, -0.25) is 9.59 Å². The summed E-state index contributed by atoms with van der Waals surface area (Å²) in [7, 11) is 0. The predicted octanol–water partition coefficient (Wildman–Crippen LogP) is 1.20. The van der Waals surface area contributed by atoms with Crippen molar-refractivity contribution < 1.29 is 9.59 Å². The summed E-state index contributed by atoms with van der Waals surface area (Å²) in [6.07, 6.45) is 0.502. The third-order valence-electron chi connectivity index (χ3n) is 3.49. The highest BCUT2D eigenvalue weighted by molar-refractivity contribution is 6.15. The highest BCUT2D eigenvalue weighted by Crippen LogP contribution is 2.40. The number of ketones is 2. The van der Waals surface area contributed by atoms with Crippen molar-refractivity contribution in [2.75, 3.05) is 10.9 Å². The zero-order chi connectivity index (χ0) is 12.2. The Hall–Kier alpha value is -1.88. The molecule has 3 N–H and O–H groups in total. The fourth-order valence-electron chi connectivity index (χ4n) is 2.56. The summed E-state index contributed by atoms with van der Waals surface area (Å²) in [5.41, 5.74) is 13.3. The number of hydrogen-bond acceptors (Lipinski definition) is 5. The standard InChI is InChI=1S/C12H13N3O2/c1-5-3-9-8(11-10(5)13-15-14-11)4-7(6(2)16)12(9)17/h3,7,13-15H,4H2,1-2H3. The normalized spacial score (nSPS) is 20.6. The van der Waals surface area contributed by atoms with Crippen molar-refractivity contribution in [2.24, 2.45) is 5.92 Å². The number of hydrogen-bond donors (Lipinski definition) is 3. The molecule has 88 valence electrons. The molecule has 0 fully saturated rings. The van der Waals surface area contributed by atoms with Gasteiger partial charge >= 0.3 is 0 Å². The molecule has 0 saturated heterocycles. The SMILES string of the molecule is CC(=O)C1Cc2c(cc(C)c3c2NNN3)C1=O. The number of carbonyl (C=O) groups is 2. The molecule has 0 aromatic heterocycles. The van der Waals surface area contributed by atoms with Crippen LogP contribution >= 0.6 is 0 Å². The van der Waals surface area contributed by atoms with E-state index in [1.54, 1.807) is 0 Å². The maximum atomic E-state index is 12.1. The van der Waals surface area contributed by atoms with Gasteiger partial charge in [0.05, 0.1) is 17.3 Å². The number of carbonyl (C=O) groups excluding carboxylic acids is 2. The van der Waals surface area contributed by atoms with Crippen LogP contribution in [0.25, 0.3) is 0 Å². The number of hydrazine groups is 2. The molecule has 3 rings (SSSR count). The lowest BCUT2D eigenvalue weighted by Crippen LogP contribution is -2.20. The second-order valence-electron chi connectivity index (χ2n) is 4.58. The van der Waals surface area contributed by atoms with Crippen LogP contribution in [0, 0.1) is 12.8 Å². The van der Waals surface area contributed by atoms with Crippen molar-refractivity contribution in [1.82, 2.24) is 5.53 Å². The fraction of sp³-hybridized carbons (Fsp3) is 0.333. The zero-order valence-corrected chi connectivity index (χ0v) is 9.68. The van der Waals surface area contributed by atoms with Crippen LogP contribution in [0.5, 0.6) is 0 Å². The van der Waals surface area contributed by atoms with E-state index in [2.05, 4.69) is 16.4 Å². The summed E-state index contributed by atoms with van der Waals surface area (Å²) >= 11 is 0. The molecule has 1 heterocycles. The van der Waals surface area contributed by atoms with E-state index in [1.165, 1.54) is 6.92 Å². The summed E-state index contributed by atoms with van der Waals surface area (Å²) in [6.45, 7) is 3.42. The first-order chi connectivity index (χ1) is 8.09. The van der Waals surface area contributed by atoms with Crippen LogP contribution in [0.2, 0.25) is 0 Å². The minimum absolute atomic E-state index is 0.0490. The van der Waals surface area contributed by atoms with Crippen LogP contribution in [-0.4, -0.2) is 11.6 Å². The molecule has 5 heteroatoms. The van der Waals surface area contributed by atoms with Gasteiger partial charge in [-0.15, -0.1) is 5.53 Å².